The molecule has 1 aromatic heterocycles. The van der Waals surface area contributed by atoms with Gasteiger partial charge in [0.15, 0.2) is 0 Å². The molecule has 0 bridgehead atoms. The number of benzene rings is 1. The lowest BCUT2D eigenvalue weighted by Crippen LogP contribution is -2.30. The molecule has 0 saturated carbocycles. The molecule has 0 aliphatic heterocycles. The topological polar surface area (TPSA) is 90.6 Å². The highest BCUT2D eigenvalue weighted by Crippen LogP contribution is 2.05. The average molecular weight is 246 g/mol. The Bertz CT molecular complexity index is 618. The van der Waals surface area contributed by atoms with Gasteiger partial charge in [-0.2, -0.15) is 0 Å². The minimum Gasteiger partial charge on any atom is -0.361 e. The summed E-state index contributed by atoms with van der Waals surface area (Å²) in [6, 6.07) is 9.95. The van der Waals surface area contributed by atoms with Crippen LogP contribution in [0.25, 0.3) is 0 Å². The summed E-state index contributed by atoms with van der Waals surface area (Å²) in [5, 5.41) is 8.81. The maximum atomic E-state index is 11.4. The van der Waals surface area contributed by atoms with Crippen molar-refractivity contribution < 1.29 is 0 Å². The molecule has 3 N–H and O–H groups in total. The van der Waals surface area contributed by atoms with E-state index in [0.29, 0.717) is 0 Å². The Morgan fingerprint density at radius 1 is 1.28 bits per heavy atom. The van der Waals surface area contributed by atoms with Crippen LogP contribution in [0, 0.1) is 0 Å². The fraction of sp³-hybridized carbons (Fsp3) is 0.250. The van der Waals surface area contributed by atoms with E-state index in [-0.39, 0.29) is 11.9 Å². The van der Waals surface area contributed by atoms with E-state index < -0.39 is 11.2 Å². The Morgan fingerprint density at radius 3 is 2.67 bits per heavy atom. The Labute approximate surface area is 103 Å². The van der Waals surface area contributed by atoms with Crippen molar-refractivity contribution in [3.63, 3.8) is 0 Å². The van der Waals surface area contributed by atoms with E-state index in [1.54, 1.807) is 0 Å². The third-order valence-corrected chi connectivity index (χ3v) is 2.48. The van der Waals surface area contributed by atoms with Gasteiger partial charge < -0.3 is 5.32 Å². The molecule has 0 fully saturated rings. The zero-order valence-corrected chi connectivity index (χ0v) is 9.93. The van der Waals surface area contributed by atoms with Gasteiger partial charge in [-0.3, -0.25) is 9.78 Å². The van der Waals surface area contributed by atoms with E-state index in [4.69, 9.17) is 0 Å². The normalized spacial score (nSPS) is 12.1. The van der Waals surface area contributed by atoms with Crippen LogP contribution in [0.1, 0.15) is 12.5 Å². The Kier molecular flexibility index (Phi) is 3.57. The highest BCUT2D eigenvalue weighted by atomic mass is 16.2. The molecule has 94 valence electrons. The lowest BCUT2D eigenvalue weighted by Gasteiger charge is -2.13. The second-order valence-electron chi connectivity index (χ2n) is 4.09. The third kappa shape index (κ3) is 3.07. The first-order chi connectivity index (χ1) is 8.65. The van der Waals surface area contributed by atoms with Crippen molar-refractivity contribution >= 4 is 5.82 Å². The van der Waals surface area contributed by atoms with E-state index in [1.807, 2.05) is 37.3 Å². The molecule has 1 atom stereocenters. The van der Waals surface area contributed by atoms with Crippen LogP contribution in [0.4, 0.5) is 5.82 Å². The van der Waals surface area contributed by atoms with Gasteiger partial charge >= 0.3 is 5.69 Å². The smallest absolute Gasteiger partial charge is 0.342 e. The van der Waals surface area contributed by atoms with Gasteiger partial charge in [0.2, 0.25) is 5.82 Å². The molecule has 6 heteroatoms. The largest absolute Gasteiger partial charge is 0.361 e. The highest BCUT2D eigenvalue weighted by Gasteiger charge is 2.07. The first-order valence-electron chi connectivity index (χ1n) is 5.64. The standard InChI is InChI=1S/C12H14N4O2/c1-8(7-9-5-3-2-4-6-9)13-10-11(17)14-12(18)16-15-10/h2-6,8H,7H2,1H3,(H,13,15)(H2,14,16,17,18). The lowest BCUT2D eigenvalue weighted by atomic mass is 10.1. The summed E-state index contributed by atoms with van der Waals surface area (Å²) in [5.41, 5.74) is 0.0401. The van der Waals surface area contributed by atoms with Crippen LogP contribution >= 0.6 is 0 Å². The SMILES string of the molecule is CC(Cc1ccccc1)Nc1n[nH]c(=O)[nH]c1=O. The first kappa shape index (κ1) is 12.1. The van der Waals surface area contributed by atoms with Crippen molar-refractivity contribution in [1.29, 1.82) is 0 Å². The number of hydrogen-bond donors (Lipinski definition) is 3. The van der Waals surface area contributed by atoms with Crippen molar-refractivity contribution in [2.24, 2.45) is 0 Å². The van der Waals surface area contributed by atoms with Crippen molar-refractivity contribution in [1.82, 2.24) is 15.2 Å². The molecule has 0 amide bonds. The number of nitrogens with zero attached hydrogens (tertiary/aromatic N) is 1. The van der Waals surface area contributed by atoms with E-state index >= 15 is 0 Å². The first-order valence-corrected chi connectivity index (χ1v) is 5.64. The van der Waals surface area contributed by atoms with E-state index in [1.165, 1.54) is 5.56 Å². The summed E-state index contributed by atoms with van der Waals surface area (Å²) < 4.78 is 0. The van der Waals surface area contributed by atoms with Gasteiger partial charge in [0.1, 0.15) is 0 Å². The molecular formula is C12H14N4O2. The van der Waals surface area contributed by atoms with Crippen molar-refractivity contribution in [2.75, 3.05) is 5.32 Å². The molecule has 2 rings (SSSR count). The van der Waals surface area contributed by atoms with Gasteiger partial charge in [-0.25, -0.2) is 9.89 Å². The van der Waals surface area contributed by atoms with Gasteiger partial charge in [0, 0.05) is 6.04 Å². The molecule has 6 nitrogen and oxygen atoms in total. The molecule has 0 aliphatic rings. The average Bonchev–Trinajstić information content (AvgIpc) is 2.34. The number of aromatic amines is 2. The quantitative estimate of drug-likeness (QED) is 0.732. The summed E-state index contributed by atoms with van der Waals surface area (Å²) in [7, 11) is 0. The fourth-order valence-corrected chi connectivity index (χ4v) is 1.70. The van der Waals surface area contributed by atoms with Crippen LogP contribution < -0.4 is 16.6 Å². The zero-order valence-electron chi connectivity index (χ0n) is 9.93. The number of nitrogens with one attached hydrogen (secondary N) is 3. The molecule has 0 radical (unpaired) electrons. The van der Waals surface area contributed by atoms with Crippen molar-refractivity contribution in [3.8, 4) is 0 Å². The number of anilines is 1. The summed E-state index contributed by atoms with van der Waals surface area (Å²) in [6.45, 7) is 1.94. The van der Waals surface area contributed by atoms with Crippen molar-refractivity contribution in [2.45, 2.75) is 19.4 Å². The predicted octanol–water partition coefficient (Wildman–Crippen LogP) is 0.501. The number of hydrogen-bond acceptors (Lipinski definition) is 4. The molecular weight excluding hydrogens is 232 g/mol. The molecule has 2 aromatic rings. The van der Waals surface area contributed by atoms with Crippen LogP contribution in [-0.2, 0) is 6.42 Å². The Balaban J connectivity index is 2.05. The summed E-state index contributed by atoms with van der Waals surface area (Å²) >= 11 is 0. The molecule has 1 heterocycles. The van der Waals surface area contributed by atoms with Gasteiger partial charge in [-0.05, 0) is 18.9 Å². The van der Waals surface area contributed by atoms with Crippen LogP contribution in [0.3, 0.4) is 0 Å². The van der Waals surface area contributed by atoms with Gasteiger partial charge in [-0.1, -0.05) is 30.3 Å². The van der Waals surface area contributed by atoms with E-state index in [9.17, 15) is 9.59 Å². The van der Waals surface area contributed by atoms with Crippen LogP contribution in [0.15, 0.2) is 39.9 Å². The zero-order chi connectivity index (χ0) is 13.0. The summed E-state index contributed by atoms with van der Waals surface area (Å²) in [5.74, 6) is 0.123. The minimum atomic E-state index is -0.610. The van der Waals surface area contributed by atoms with Crippen LogP contribution in [0.2, 0.25) is 0 Å². The van der Waals surface area contributed by atoms with E-state index in [2.05, 4.69) is 20.5 Å². The number of aromatic nitrogens is 3. The number of rotatable bonds is 4. The predicted molar refractivity (Wildman–Crippen MR) is 68.7 cm³/mol. The number of H-pyrrole nitrogens is 2. The minimum absolute atomic E-state index is 0.0342. The molecule has 1 unspecified atom stereocenters. The van der Waals surface area contributed by atoms with Crippen LogP contribution in [-0.4, -0.2) is 21.2 Å². The third-order valence-electron chi connectivity index (χ3n) is 2.48. The van der Waals surface area contributed by atoms with Gasteiger partial charge in [-0.15, -0.1) is 5.10 Å². The maximum absolute atomic E-state index is 11.4. The maximum Gasteiger partial charge on any atom is 0.342 e. The fourth-order valence-electron chi connectivity index (χ4n) is 1.70. The summed E-state index contributed by atoms with van der Waals surface area (Å²) in [6.07, 6.45) is 0.765. The van der Waals surface area contributed by atoms with Gasteiger partial charge in [0.05, 0.1) is 0 Å². The molecule has 0 spiro atoms. The van der Waals surface area contributed by atoms with E-state index in [0.717, 1.165) is 6.42 Å². The van der Waals surface area contributed by atoms with Crippen molar-refractivity contribution in [3.05, 3.63) is 56.7 Å². The van der Waals surface area contributed by atoms with Gasteiger partial charge in [0.25, 0.3) is 5.56 Å². The molecule has 1 aromatic carbocycles. The molecule has 0 aliphatic carbocycles. The monoisotopic (exact) mass is 246 g/mol. The Hall–Kier alpha value is -2.37. The summed E-state index contributed by atoms with van der Waals surface area (Å²) in [4.78, 5) is 24.4. The lowest BCUT2D eigenvalue weighted by molar-refractivity contribution is 0.766. The molecule has 0 saturated heterocycles. The highest BCUT2D eigenvalue weighted by molar-refractivity contribution is 5.31. The van der Waals surface area contributed by atoms with Crippen LogP contribution in [0.5, 0.6) is 0 Å². The second kappa shape index (κ2) is 5.31. The second-order valence-corrected chi connectivity index (χ2v) is 4.09. The molecule has 18 heavy (non-hydrogen) atoms. The Morgan fingerprint density at radius 2 is 2.00 bits per heavy atom.